The Balaban J connectivity index is 3.03. The van der Waals surface area contributed by atoms with Crippen molar-refractivity contribution in [2.45, 2.75) is 13.5 Å². The number of pyridine rings is 1. The number of anilines is 1. The number of aryl methyl sites for hydroxylation is 1. The van der Waals surface area contributed by atoms with Crippen molar-refractivity contribution in [2.24, 2.45) is 0 Å². The van der Waals surface area contributed by atoms with E-state index in [2.05, 4.69) is 21.3 Å². The highest BCUT2D eigenvalue weighted by Crippen LogP contribution is 2.17. The summed E-state index contributed by atoms with van der Waals surface area (Å²) in [5.41, 5.74) is 3.53. The van der Waals surface area contributed by atoms with Gasteiger partial charge in [-0.25, -0.2) is 0 Å². The molecule has 0 aromatic carbocycles. The smallest absolute Gasteiger partial charge is 0.0440 e. The van der Waals surface area contributed by atoms with E-state index in [1.807, 2.05) is 34.3 Å². The fourth-order valence-electron chi connectivity index (χ4n) is 1.32. The van der Waals surface area contributed by atoms with Crippen LogP contribution >= 0.6 is 0 Å². The van der Waals surface area contributed by atoms with Crippen LogP contribution in [0.5, 0.6) is 0 Å². The quantitative estimate of drug-likeness (QED) is 0.755. The van der Waals surface area contributed by atoms with Gasteiger partial charge in [0.25, 0.3) is 0 Å². The molecule has 0 aliphatic rings. The van der Waals surface area contributed by atoms with Gasteiger partial charge in [-0.1, -0.05) is 0 Å². The summed E-state index contributed by atoms with van der Waals surface area (Å²) < 4.78 is 0. The van der Waals surface area contributed by atoms with E-state index < -0.39 is 0 Å². The van der Waals surface area contributed by atoms with Crippen LogP contribution in [0.4, 0.5) is 5.69 Å². The van der Waals surface area contributed by atoms with Gasteiger partial charge in [-0.3, -0.25) is 4.98 Å². The van der Waals surface area contributed by atoms with Gasteiger partial charge in [0.15, 0.2) is 0 Å². The summed E-state index contributed by atoms with van der Waals surface area (Å²) >= 11 is 0. The topological polar surface area (TPSA) is 28.2 Å². The lowest BCUT2D eigenvalue weighted by Gasteiger charge is -2.17. The van der Waals surface area contributed by atoms with E-state index in [0.29, 0.717) is 0 Å². The normalized spacial score (nSPS) is 10.2. The maximum atomic E-state index is 4.27. The molecule has 0 spiro atoms. The zero-order valence-electron chi connectivity index (χ0n) is 8.76. The third-order valence-corrected chi connectivity index (χ3v) is 1.95. The molecule has 1 aromatic heterocycles. The van der Waals surface area contributed by atoms with Gasteiger partial charge in [0.05, 0.1) is 0 Å². The van der Waals surface area contributed by atoms with Gasteiger partial charge < -0.3 is 10.2 Å². The van der Waals surface area contributed by atoms with Crippen molar-refractivity contribution in [3.05, 3.63) is 23.5 Å². The number of rotatable bonds is 3. The van der Waals surface area contributed by atoms with E-state index in [1.165, 1.54) is 11.3 Å². The fraction of sp³-hybridized carbons (Fsp3) is 0.500. The second-order valence-electron chi connectivity index (χ2n) is 3.38. The largest absolute Gasteiger partial charge is 0.377 e. The highest BCUT2D eigenvalue weighted by atomic mass is 15.1. The molecule has 3 nitrogen and oxygen atoms in total. The van der Waals surface area contributed by atoms with Crippen LogP contribution in [0.15, 0.2) is 12.3 Å². The van der Waals surface area contributed by atoms with E-state index in [9.17, 15) is 0 Å². The van der Waals surface area contributed by atoms with Crippen LogP contribution in [0, 0.1) is 6.92 Å². The van der Waals surface area contributed by atoms with E-state index >= 15 is 0 Å². The Kier molecular flexibility index (Phi) is 3.25. The lowest BCUT2D eigenvalue weighted by molar-refractivity contribution is 0.808. The summed E-state index contributed by atoms with van der Waals surface area (Å²) in [6, 6.07) is 2.10. The summed E-state index contributed by atoms with van der Waals surface area (Å²) in [7, 11) is 6.04. The van der Waals surface area contributed by atoms with Crippen molar-refractivity contribution in [1.29, 1.82) is 0 Å². The maximum Gasteiger partial charge on any atom is 0.0440 e. The van der Waals surface area contributed by atoms with Gasteiger partial charge in [0, 0.05) is 43.8 Å². The van der Waals surface area contributed by atoms with Gasteiger partial charge in [-0.05, 0) is 20.0 Å². The van der Waals surface area contributed by atoms with Crippen molar-refractivity contribution in [2.75, 3.05) is 26.0 Å². The number of hydrogen-bond acceptors (Lipinski definition) is 3. The van der Waals surface area contributed by atoms with Gasteiger partial charge in [0.2, 0.25) is 0 Å². The van der Waals surface area contributed by atoms with E-state index in [4.69, 9.17) is 0 Å². The number of hydrogen-bond donors (Lipinski definition) is 1. The Morgan fingerprint density at radius 3 is 2.69 bits per heavy atom. The molecule has 0 amide bonds. The second kappa shape index (κ2) is 4.23. The van der Waals surface area contributed by atoms with Crippen molar-refractivity contribution < 1.29 is 0 Å². The van der Waals surface area contributed by atoms with Crippen LogP contribution in [0.3, 0.4) is 0 Å². The lowest BCUT2D eigenvalue weighted by atomic mass is 10.2. The molecule has 1 aromatic rings. The van der Waals surface area contributed by atoms with Crippen molar-refractivity contribution in [1.82, 2.24) is 10.3 Å². The van der Waals surface area contributed by atoms with Crippen LogP contribution in [0.1, 0.15) is 11.3 Å². The first kappa shape index (κ1) is 9.99. The van der Waals surface area contributed by atoms with Gasteiger partial charge in [-0.2, -0.15) is 0 Å². The molecule has 0 saturated carbocycles. The molecular weight excluding hydrogens is 162 g/mol. The van der Waals surface area contributed by atoms with Crippen LogP contribution in [-0.4, -0.2) is 26.1 Å². The Bertz CT molecular complexity index is 281. The number of nitrogens with zero attached hydrogens (tertiary/aromatic N) is 2. The lowest BCUT2D eigenvalue weighted by Crippen LogP contribution is -2.15. The van der Waals surface area contributed by atoms with Gasteiger partial charge in [0.1, 0.15) is 0 Å². The van der Waals surface area contributed by atoms with Crippen molar-refractivity contribution in [3.8, 4) is 0 Å². The van der Waals surface area contributed by atoms with Crippen molar-refractivity contribution in [3.63, 3.8) is 0 Å². The molecule has 0 fully saturated rings. The first-order chi connectivity index (χ1) is 6.15. The predicted molar refractivity (Wildman–Crippen MR) is 56.1 cm³/mol. The Morgan fingerprint density at radius 2 is 2.15 bits per heavy atom. The molecule has 0 aliphatic heterocycles. The molecule has 0 aliphatic carbocycles. The molecule has 0 saturated heterocycles. The molecule has 1 heterocycles. The van der Waals surface area contributed by atoms with Gasteiger partial charge >= 0.3 is 0 Å². The molecule has 0 bridgehead atoms. The number of aromatic nitrogens is 1. The van der Waals surface area contributed by atoms with E-state index in [0.717, 1.165) is 12.2 Å². The average Bonchev–Trinajstić information content (AvgIpc) is 2.08. The molecule has 0 atom stereocenters. The SMILES string of the molecule is CNCc1cnc(C)cc1N(C)C. The fourth-order valence-corrected chi connectivity index (χ4v) is 1.32. The minimum atomic E-state index is 0.862. The maximum absolute atomic E-state index is 4.27. The highest BCUT2D eigenvalue weighted by molar-refractivity contribution is 5.52. The Morgan fingerprint density at radius 1 is 1.46 bits per heavy atom. The highest BCUT2D eigenvalue weighted by Gasteiger charge is 2.03. The minimum Gasteiger partial charge on any atom is -0.377 e. The summed E-state index contributed by atoms with van der Waals surface area (Å²) in [4.78, 5) is 6.39. The van der Waals surface area contributed by atoms with Crippen LogP contribution in [-0.2, 0) is 6.54 Å². The standard InChI is InChI=1S/C10H17N3/c1-8-5-10(13(3)4)9(6-11-2)7-12-8/h5,7,11H,6H2,1-4H3. The summed E-state index contributed by atoms with van der Waals surface area (Å²) in [6.07, 6.45) is 1.93. The monoisotopic (exact) mass is 179 g/mol. The molecule has 3 heteroatoms. The molecule has 0 unspecified atom stereocenters. The van der Waals surface area contributed by atoms with Crippen LogP contribution in [0.25, 0.3) is 0 Å². The van der Waals surface area contributed by atoms with Crippen LogP contribution < -0.4 is 10.2 Å². The van der Waals surface area contributed by atoms with E-state index in [1.54, 1.807) is 0 Å². The second-order valence-corrected chi connectivity index (χ2v) is 3.38. The van der Waals surface area contributed by atoms with Gasteiger partial charge in [-0.15, -0.1) is 0 Å². The zero-order valence-corrected chi connectivity index (χ0v) is 8.76. The van der Waals surface area contributed by atoms with E-state index in [-0.39, 0.29) is 0 Å². The van der Waals surface area contributed by atoms with Crippen molar-refractivity contribution >= 4 is 5.69 Å². The molecule has 13 heavy (non-hydrogen) atoms. The number of nitrogens with one attached hydrogen (secondary N) is 1. The van der Waals surface area contributed by atoms with Crippen LogP contribution in [0.2, 0.25) is 0 Å². The average molecular weight is 179 g/mol. The molecular formula is C10H17N3. The molecule has 0 radical (unpaired) electrons. The first-order valence-electron chi connectivity index (χ1n) is 4.42. The molecule has 1 rings (SSSR count). The minimum absolute atomic E-state index is 0.862. The predicted octanol–water partition coefficient (Wildman–Crippen LogP) is 1.18. The first-order valence-corrected chi connectivity index (χ1v) is 4.42. The summed E-state index contributed by atoms with van der Waals surface area (Å²) in [5.74, 6) is 0. The third kappa shape index (κ3) is 2.42. The zero-order chi connectivity index (χ0) is 9.84. The Labute approximate surface area is 79.8 Å². The molecule has 1 N–H and O–H groups in total. The summed E-state index contributed by atoms with van der Waals surface area (Å²) in [5, 5.41) is 3.13. The Hall–Kier alpha value is -1.09. The summed E-state index contributed by atoms with van der Waals surface area (Å²) in [6.45, 7) is 2.87. The third-order valence-electron chi connectivity index (χ3n) is 1.95. The molecule has 72 valence electrons.